The molecule has 1 fully saturated rings. The van der Waals surface area contributed by atoms with E-state index in [4.69, 9.17) is 0 Å². The largest absolute Gasteiger partial charge is 0.465 e. The molecule has 5 nitrogen and oxygen atoms in total. The zero-order chi connectivity index (χ0) is 18.4. The lowest BCUT2D eigenvalue weighted by Crippen LogP contribution is -2.54. The van der Waals surface area contributed by atoms with Crippen molar-refractivity contribution in [1.29, 1.82) is 5.26 Å². The lowest BCUT2D eigenvalue weighted by atomic mass is 9.86. The van der Waals surface area contributed by atoms with Crippen LogP contribution in [0.5, 0.6) is 0 Å². The van der Waals surface area contributed by atoms with E-state index in [1.54, 1.807) is 0 Å². The predicted octanol–water partition coefficient (Wildman–Crippen LogP) is 3.72. The van der Waals surface area contributed by atoms with Crippen LogP contribution in [0.1, 0.15) is 24.0 Å². The zero-order valence-electron chi connectivity index (χ0n) is 14.7. The van der Waals surface area contributed by atoms with Gasteiger partial charge in [0.2, 0.25) is 0 Å². The number of likely N-dealkylation sites (tertiary alicyclic amines) is 1. The van der Waals surface area contributed by atoms with Crippen LogP contribution in [0.4, 0.5) is 4.79 Å². The van der Waals surface area contributed by atoms with Gasteiger partial charge in [-0.05, 0) is 24.0 Å². The molecule has 2 aromatic carbocycles. The fourth-order valence-corrected chi connectivity index (χ4v) is 3.53. The Bertz CT molecular complexity index is 721. The smallest absolute Gasteiger partial charge is 0.407 e. The summed E-state index contributed by atoms with van der Waals surface area (Å²) >= 11 is 0. The molecule has 0 saturated carbocycles. The molecule has 0 radical (unpaired) electrons. The van der Waals surface area contributed by atoms with Gasteiger partial charge in [0.25, 0.3) is 0 Å². The Hall–Kier alpha value is -2.84. The first kappa shape index (κ1) is 18.0. The van der Waals surface area contributed by atoms with Crippen LogP contribution >= 0.6 is 0 Å². The highest BCUT2D eigenvalue weighted by Crippen LogP contribution is 2.31. The first-order valence-corrected chi connectivity index (χ1v) is 8.85. The maximum absolute atomic E-state index is 11.2. The van der Waals surface area contributed by atoms with Gasteiger partial charge >= 0.3 is 6.09 Å². The molecule has 26 heavy (non-hydrogen) atoms. The number of rotatable bonds is 5. The van der Waals surface area contributed by atoms with Crippen molar-refractivity contribution in [2.24, 2.45) is 0 Å². The first-order chi connectivity index (χ1) is 12.6. The van der Waals surface area contributed by atoms with Crippen LogP contribution in [0.2, 0.25) is 0 Å². The van der Waals surface area contributed by atoms with Crippen LogP contribution in [0.15, 0.2) is 60.7 Å². The second-order valence-corrected chi connectivity index (χ2v) is 6.74. The normalized spacial score (nSPS) is 16.2. The molecule has 1 N–H and O–H groups in total. The lowest BCUT2D eigenvalue weighted by molar-refractivity contribution is 0.0483. The Kier molecular flexibility index (Phi) is 5.55. The van der Waals surface area contributed by atoms with Crippen molar-refractivity contribution in [2.45, 2.75) is 31.5 Å². The minimum atomic E-state index is -0.908. The number of nitrogens with zero attached hydrogens (tertiary/aromatic N) is 3. The monoisotopic (exact) mass is 349 g/mol. The maximum atomic E-state index is 11.2. The first-order valence-electron chi connectivity index (χ1n) is 8.85. The molecule has 0 aliphatic carbocycles. The molecule has 3 rings (SSSR count). The lowest BCUT2D eigenvalue weighted by Gasteiger charge is -2.44. The number of benzene rings is 2. The quantitative estimate of drug-likeness (QED) is 0.893. The van der Waals surface area contributed by atoms with Crippen molar-refractivity contribution in [3.63, 3.8) is 0 Å². The Morgan fingerprint density at radius 1 is 1.00 bits per heavy atom. The molecular weight excluding hydrogens is 326 g/mol. The summed E-state index contributed by atoms with van der Waals surface area (Å²) in [6.45, 7) is 2.11. The summed E-state index contributed by atoms with van der Waals surface area (Å²) < 4.78 is 0. The molecule has 0 aromatic heterocycles. The third-order valence-electron chi connectivity index (χ3n) is 5.11. The van der Waals surface area contributed by atoms with Crippen LogP contribution in [0, 0.1) is 11.3 Å². The van der Waals surface area contributed by atoms with Gasteiger partial charge in [0.15, 0.2) is 0 Å². The molecule has 1 aliphatic rings. The molecular formula is C21H23N3O2. The average Bonchev–Trinajstić information content (AvgIpc) is 2.69. The van der Waals surface area contributed by atoms with Gasteiger partial charge in [-0.1, -0.05) is 60.7 Å². The van der Waals surface area contributed by atoms with Crippen molar-refractivity contribution in [3.8, 4) is 6.07 Å². The van der Waals surface area contributed by atoms with E-state index in [0.717, 1.165) is 11.1 Å². The molecule has 1 aliphatic heterocycles. The van der Waals surface area contributed by atoms with E-state index in [2.05, 4.69) is 35.2 Å². The molecule has 2 aromatic rings. The summed E-state index contributed by atoms with van der Waals surface area (Å²) in [5.74, 6) is 0. The summed E-state index contributed by atoms with van der Waals surface area (Å²) in [6, 6.07) is 22.8. The van der Waals surface area contributed by atoms with E-state index in [0.29, 0.717) is 39.0 Å². The van der Waals surface area contributed by atoms with Gasteiger partial charge in [-0.2, -0.15) is 5.26 Å². The Balaban J connectivity index is 1.85. The third-order valence-corrected chi connectivity index (χ3v) is 5.11. The molecule has 0 spiro atoms. The third kappa shape index (κ3) is 4.04. The van der Waals surface area contributed by atoms with Gasteiger partial charge in [0, 0.05) is 26.2 Å². The second-order valence-electron chi connectivity index (χ2n) is 6.74. The predicted molar refractivity (Wildman–Crippen MR) is 99.3 cm³/mol. The van der Waals surface area contributed by atoms with Crippen LogP contribution in [-0.2, 0) is 13.1 Å². The molecule has 0 bridgehead atoms. The van der Waals surface area contributed by atoms with Crippen LogP contribution < -0.4 is 0 Å². The zero-order valence-corrected chi connectivity index (χ0v) is 14.7. The summed E-state index contributed by atoms with van der Waals surface area (Å²) in [7, 11) is 0. The molecule has 0 atom stereocenters. The van der Waals surface area contributed by atoms with Crippen molar-refractivity contribution in [1.82, 2.24) is 9.80 Å². The number of hydrogen-bond donors (Lipinski definition) is 1. The maximum Gasteiger partial charge on any atom is 0.407 e. The standard InChI is InChI=1S/C21H23N3O2/c22-17-21(11-13-23(14-12-21)20(25)26)24(15-18-7-3-1-4-8-18)16-19-9-5-2-6-10-19/h1-10H,11-16H2,(H,25,26). The Morgan fingerprint density at radius 3 is 1.85 bits per heavy atom. The topological polar surface area (TPSA) is 67.6 Å². The van der Waals surface area contributed by atoms with Crippen LogP contribution in [0.25, 0.3) is 0 Å². The van der Waals surface area contributed by atoms with Crippen LogP contribution in [0.3, 0.4) is 0 Å². The number of amides is 1. The van der Waals surface area contributed by atoms with E-state index in [1.807, 2.05) is 36.4 Å². The number of carbonyl (C=O) groups is 1. The van der Waals surface area contributed by atoms with Crippen LogP contribution in [-0.4, -0.2) is 39.6 Å². The molecule has 1 amide bonds. The van der Waals surface area contributed by atoms with Gasteiger partial charge in [-0.25, -0.2) is 4.79 Å². The van der Waals surface area contributed by atoms with E-state index >= 15 is 0 Å². The highest BCUT2D eigenvalue weighted by Gasteiger charge is 2.41. The highest BCUT2D eigenvalue weighted by molar-refractivity contribution is 5.65. The van der Waals surface area contributed by atoms with Gasteiger partial charge in [-0.15, -0.1) is 0 Å². The van der Waals surface area contributed by atoms with Crippen molar-refractivity contribution in [3.05, 3.63) is 71.8 Å². The van der Waals surface area contributed by atoms with E-state index in [-0.39, 0.29) is 0 Å². The van der Waals surface area contributed by atoms with E-state index in [9.17, 15) is 15.2 Å². The second kappa shape index (κ2) is 8.03. The number of piperidine rings is 1. The molecule has 0 unspecified atom stereocenters. The number of carboxylic acid groups (broad SMARTS) is 1. The summed E-state index contributed by atoms with van der Waals surface area (Å²) in [4.78, 5) is 14.8. The number of nitriles is 1. The van der Waals surface area contributed by atoms with E-state index < -0.39 is 11.6 Å². The molecule has 1 heterocycles. The summed E-state index contributed by atoms with van der Waals surface area (Å²) in [6.07, 6.45) is 0.138. The SMILES string of the molecule is N#CC1(N(Cc2ccccc2)Cc2ccccc2)CCN(C(=O)O)CC1. The van der Waals surface area contributed by atoms with Gasteiger partial charge in [0.1, 0.15) is 5.54 Å². The van der Waals surface area contributed by atoms with E-state index in [1.165, 1.54) is 4.90 Å². The fraction of sp³-hybridized carbons (Fsp3) is 0.333. The minimum absolute atomic E-state index is 0.392. The summed E-state index contributed by atoms with van der Waals surface area (Å²) in [5, 5.41) is 19.3. The van der Waals surface area contributed by atoms with Gasteiger partial charge in [-0.3, -0.25) is 4.90 Å². The summed E-state index contributed by atoms with van der Waals surface area (Å²) in [5.41, 5.74) is 1.65. The van der Waals surface area contributed by atoms with Crippen molar-refractivity contribution < 1.29 is 9.90 Å². The molecule has 1 saturated heterocycles. The Labute approximate surface area is 154 Å². The van der Waals surface area contributed by atoms with Gasteiger partial charge in [0.05, 0.1) is 6.07 Å². The minimum Gasteiger partial charge on any atom is -0.465 e. The fourth-order valence-electron chi connectivity index (χ4n) is 3.53. The molecule has 134 valence electrons. The molecule has 5 heteroatoms. The highest BCUT2D eigenvalue weighted by atomic mass is 16.4. The van der Waals surface area contributed by atoms with Gasteiger partial charge < -0.3 is 10.0 Å². The average molecular weight is 349 g/mol. The Morgan fingerprint density at radius 2 is 1.46 bits per heavy atom. The number of hydrogen-bond acceptors (Lipinski definition) is 3. The van der Waals surface area contributed by atoms with Crippen molar-refractivity contribution in [2.75, 3.05) is 13.1 Å². The van der Waals surface area contributed by atoms with Crippen molar-refractivity contribution >= 4 is 6.09 Å².